The van der Waals surface area contributed by atoms with Crippen molar-refractivity contribution in [3.63, 3.8) is 0 Å². The smallest absolute Gasteiger partial charge is 0.241 e. The van der Waals surface area contributed by atoms with Crippen molar-refractivity contribution in [2.75, 3.05) is 13.1 Å². The first-order valence-corrected chi connectivity index (χ1v) is 7.78. The monoisotopic (exact) mass is 268 g/mol. The number of benzene rings is 1. The quantitative estimate of drug-likeness (QED) is 0.869. The predicted molar refractivity (Wildman–Crippen MR) is 72.1 cm³/mol. The van der Waals surface area contributed by atoms with Crippen molar-refractivity contribution in [3.05, 3.63) is 29.3 Å². The molecular formula is C13H20N2O2S. The van der Waals surface area contributed by atoms with Gasteiger partial charge in [-0.2, -0.15) is 0 Å². The van der Waals surface area contributed by atoms with Gasteiger partial charge in [0.25, 0.3) is 0 Å². The number of sulfonamides is 1. The normalized spacial score (nSPS) is 17.9. The molecule has 2 rings (SSSR count). The van der Waals surface area contributed by atoms with Crippen molar-refractivity contribution in [3.8, 4) is 0 Å². The first-order valence-electron chi connectivity index (χ1n) is 6.30. The van der Waals surface area contributed by atoms with Crippen LogP contribution in [-0.4, -0.2) is 27.5 Å². The highest BCUT2D eigenvalue weighted by Crippen LogP contribution is 2.19. The average molecular weight is 268 g/mol. The molecular weight excluding hydrogens is 248 g/mol. The lowest BCUT2D eigenvalue weighted by atomic mass is 10.1. The summed E-state index contributed by atoms with van der Waals surface area (Å²) < 4.78 is 27.5. The summed E-state index contributed by atoms with van der Waals surface area (Å²) in [6.07, 6.45) is 1.70. The van der Waals surface area contributed by atoms with Crippen molar-refractivity contribution >= 4 is 10.0 Å². The van der Waals surface area contributed by atoms with Crippen LogP contribution in [-0.2, 0) is 10.0 Å². The Morgan fingerprint density at radius 2 is 1.89 bits per heavy atom. The molecule has 0 aromatic heterocycles. The highest BCUT2D eigenvalue weighted by Gasteiger charge is 2.23. The molecule has 1 fully saturated rings. The van der Waals surface area contributed by atoms with E-state index in [0.717, 1.165) is 37.1 Å². The Labute approximate surface area is 109 Å². The second kappa shape index (κ2) is 5.38. The van der Waals surface area contributed by atoms with E-state index in [-0.39, 0.29) is 6.04 Å². The summed E-state index contributed by atoms with van der Waals surface area (Å²) >= 11 is 0. The van der Waals surface area contributed by atoms with Gasteiger partial charge in [0.1, 0.15) is 0 Å². The first-order chi connectivity index (χ1) is 8.50. The fraction of sp³-hybridized carbons (Fsp3) is 0.538. The Morgan fingerprint density at radius 3 is 2.56 bits per heavy atom. The molecule has 0 unspecified atom stereocenters. The number of aryl methyl sites for hydroxylation is 1. The van der Waals surface area contributed by atoms with Crippen LogP contribution in [0.5, 0.6) is 0 Å². The van der Waals surface area contributed by atoms with E-state index in [4.69, 9.17) is 0 Å². The van der Waals surface area contributed by atoms with Gasteiger partial charge in [-0.05, 0) is 57.0 Å². The average Bonchev–Trinajstić information content (AvgIpc) is 2.33. The van der Waals surface area contributed by atoms with Crippen LogP contribution in [0.3, 0.4) is 0 Å². The third-order valence-electron chi connectivity index (χ3n) is 3.51. The topological polar surface area (TPSA) is 58.2 Å². The van der Waals surface area contributed by atoms with E-state index in [1.54, 1.807) is 12.1 Å². The molecule has 0 spiro atoms. The number of piperidine rings is 1. The lowest BCUT2D eigenvalue weighted by Gasteiger charge is -2.24. The van der Waals surface area contributed by atoms with Gasteiger partial charge >= 0.3 is 0 Å². The van der Waals surface area contributed by atoms with Gasteiger partial charge in [-0.15, -0.1) is 0 Å². The SMILES string of the molecule is Cc1cccc(S(=O)(=O)NC2CCNCC2)c1C. The van der Waals surface area contributed by atoms with Gasteiger partial charge in [0.05, 0.1) is 4.90 Å². The predicted octanol–water partition coefficient (Wildman–Crippen LogP) is 1.33. The Balaban J connectivity index is 2.22. The molecule has 0 saturated carbocycles. The molecule has 2 N–H and O–H groups in total. The molecule has 0 aliphatic carbocycles. The molecule has 18 heavy (non-hydrogen) atoms. The molecule has 1 aromatic rings. The molecule has 1 aliphatic rings. The van der Waals surface area contributed by atoms with Crippen LogP contribution in [0.1, 0.15) is 24.0 Å². The minimum absolute atomic E-state index is 0.0520. The fourth-order valence-electron chi connectivity index (χ4n) is 2.24. The van der Waals surface area contributed by atoms with Gasteiger partial charge in [-0.3, -0.25) is 0 Å². The van der Waals surface area contributed by atoms with Crippen molar-refractivity contribution in [1.82, 2.24) is 10.0 Å². The summed E-state index contributed by atoms with van der Waals surface area (Å²) in [5.41, 5.74) is 1.84. The molecule has 1 saturated heterocycles. The summed E-state index contributed by atoms with van der Waals surface area (Å²) in [7, 11) is -3.39. The molecule has 1 aromatic carbocycles. The molecule has 0 atom stereocenters. The number of hydrogen-bond acceptors (Lipinski definition) is 3. The summed E-state index contributed by atoms with van der Waals surface area (Å²) in [5.74, 6) is 0. The van der Waals surface area contributed by atoms with Gasteiger partial charge < -0.3 is 5.32 Å². The second-order valence-corrected chi connectivity index (χ2v) is 6.53. The lowest BCUT2D eigenvalue weighted by molar-refractivity contribution is 0.427. The highest BCUT2D eigenvalue weighted by atomic mass is 32.2. The van der Waals surface area contributed by atoms with E-state index in [1.807, 2.05) is 19.9 Å². The Kier molecular flexibility index (Phi) is 4.04. The molecule has 0 radical (unpaired) electrons. The van der Waals surface area contributed by atoms with Crippen LogP contribution < -0.4 is 10.0 Å². The van der Waals surface area contributed by atoms with Crippen LogP contribution >= 0.6 is 0 Å². The van der Waals surface area contributed by atoms with Crippen molar-refractivity contribution in [2.24, 2.45) is 0 Å². The summed E-state index contributed by atoms with van der Waals surface area (Å²) in [5, 5.41) is 3.23. The van der Waals surface area contributed by atoms with E-state index in [9.17, 15) is 8.42 Å². The van der Waals surface area contributed by atoms with Gasteiger partial charge in [0.2, 0.25) is 10.0 Å². The van der Waals surface area contributed by atoms with E-state index < -0.39 is 10.0 Å². The molecule has 100 valence electrons. The van der Waals surface area contributed by atoms with Crippen molar-refractivity contribution in [1.29, 1.82) is 0 Å². The lowest BCUT2D eigenvalue weighted by Crippen LogP contribution is -2.42. The first kappa shape index (κ1) is 13.5. The van der Waals surface area contributed by atoms with Crippen LogP contribution in [0, 0.1) is 13.8 Å². The maximum Gasteiger partial charge on any atom is 0.241 e. The maximum atomic E-state index is 12.3. The minimum Gasteiger partial charge on any atom is -0.317 e. The van der Waals surface area contributed by atoms with E-state index >= 15 is 0 Å². The zero-order chi connectivity index (χ0) is 13.2. The third-order valence-corrected chi connectivity index (χ3v) is 5.17. The molecule has 0 amide bonds. The largest absolute Gasteiger partial charge is 0.317 e. The molecule has 4 nitrogen and oxygen atoms in total. The number of nitrogens with one attached hydrogen (secondary N) is 2. The highest BCUT2D eigenvalue weighted by molar-refractivity contribution is 7.89. The molecule has 1 aliphatic heterocycles. The maximum absolute atomic E-state index is 12.3. The van der Waals surface area contributed by atoms with Crippen LogP contribution in [0.15, 0.2) is 23.1 Å². The third kappa shape index (κ3) is 2.91. The Hall–Kier alpha value is -0.910. The van der Waals surface area contributed by atoms with Gasteiger partial charge in [-0.1, -0.05) is 12.1 Å². The van der Waals surface area contributed by atoms with E-state index in [2.05, 4.69) is 10.0 Å². The standard InChI is InChI=1S/C13H20N2O2S/c1-10-4-3-5-13(11(10)2)18(16,17)15-12-6-8-14-9-7-12/h3-5,12,14-15H,6-9H2,1-2H3. The number of rotatable bonds is 3. The van der Waals surface area contributed by atoms with Gasteiger partial charge in [0.15, 0.2) is 0 Å². The molecule has 0 bridgehead atoms. The van der Waals surface area contributed by atoms with Crippen molar-refractivity contribution in [2.45, 2.75) is 37.6 Å². The van der Waals surface area contributed by atoms with Crippen LogP contribution in [0.4, 0.5) is 0 Å². The van der Waals surface area contributed by atoms with Crippen molar-refractivity contribution < 1.29 is 8.42 Å². The summed E-state index contributed by atoms with van der Waals surface area (Å²) in [6, 6.07) is 5.44. The Morgan fingerprint density at radius 1 is 1.22 bits per heavy atom. The minimum atomic E-state index is -3.39. The van der Waals surface area contributed by atoms with Crippen LogP contribution in [0.2, 0.25) is 0 Å². The summed E-state index contributed by atoms with van der Waals surface area (Å²) in [4.78, 5) is 0.404. The fourth-order valence-corrected chi connectivity index (χ4v) is 3.86. The van der Waals surface area contributed by atoms with E-state index in [1.165, 1.54) is 0 Å². The zero-order valence-electron chi connectivity index (χ0n) is 10.9. The zero-order valence-corrected chi connectivity index (χ0v) is 11.7. The number of hydrogen-bond donors (Lipinski definition) is 2. The van der Waals surface area contributed by atoms with Gasteiger partial charge in [0, 0.05) is 6.04 Å². The molecule has 5 heteroatoms. The Bertz CT molecular complexity index is 520. The summed E-state index contributed by atoms with van der Waals surface area (Å²) in [6.45, 7) is 5.53. The van der Waals surface area contributed by atoms with Gasteiger partial charge in [-0.25, -0.2) is 13.1 Å². The van der Waals surface area contributed by atoms with Crippen LogP contribution in [0.25, 0.3) is 0 Å². The second-order valence-electron chi connectivity index (χ2n) is 4.84. The molecule has 1 heterocycles. The van der Waals surface area contributed by atoms with E-state index in [0.29, 0.717) is 4.90 Å².